The van der Waals surface area contributed by atoms with Crippen LogP contribution in [0.15, 0.2) is 22.7 Å². The van der Waals surface area contributed by atoms with E-state index >= 15 is 0 Å². The Morgan fingerprint density at radius 1 is 1.38 bits per heavy atom. The van der Waals surface area contributed by atoms with E-state index in [0.717, 1.165) is 28.7 Å². The molecule has 16 heavy (non-hydrogen) atoms. The molecule has 1 aromatic carbocycles. The molecule has 3 nitrogen and oxygen atoms in total. The van der Waals surface area contributed by atoms with Crippen LogP contribution in [0.25, 0.3) is 0 Å². The SMILES string of the molecule is CNCCCC(=O)Nc1cc(C)cc(Br)c1. The lowest BCUT2D eigenvalue weighted by molar-refractivity contribution is -0.116. The molecular formula is C12H17BrN2O. The van der Waals surface area contributed by atoms with Gasteiger partial charge in [0.25, 0.3) is 0 Å². The first-order valence-electron chi connectivity index (χ1n) is 5.33. The zero-order valence-electron chi connectivity index (χ0n) is 9.64. The van der Waals surface area contributed by atoms with Crippen molar-refractivity contribution in [1.82, 2.24) is 5.32 Å². The van der Waals surface area contributed by atoms with E-state index in [0.29, 0.717) is 6.42 Å². The number of rotatable bonds is 5. The quantitative estimate of drug-likeness (QED) is 0.817. The third-order valence-electron chi connectivity index (χ3n) is 2.16. The first-order chi connectivity index (χ1) is 7.61. The molecule has 0 spiro atoms. The Hall–Kier alpha value is -0.870. The average molecular weight is 285 g/mol. The molecule has 0 saturated carbocycles. The second kappa shape index (κ2) is 6.66. The van der Waals surface area contributed by atoms with Crippen LogP contribution < -0.4 is 10.6 Å². The predicted octanol–water partition coefficient (Wildman–Crippen LogP) is 2.70. The van der Waals surface area contributed by atoms with Gasteiger partial charge in [0.2, 0.25) is 5.91 Å². The first-order valence-corrected chi connectivity index (χ1v) is 6.13. The fraction of sp³-hybridized carbons (Fsp3) is 0.417. The third-order valence-corrected chi connectivity index (χ3v) is 2.61. The van der Waals surface area contributed by atoms with Gasteiger partial charge in [-0.05, 0) is 50.7 Å². The zero-order valence-corrected chi connectivity index (χ0v) is 11.2. The van der Waals surface area contributed by atoms with Crippen LogP contribution in [0.2, 0.25) is 0 Å². The van der Waals surface area contributed by atoms with E-state index in [1.165, 1.54) is 0 Å². The van der Waals surface area contributed by atoms with Gasteiger partial charge in [-0.15, -0.1) is 0 Å². The Morgan fingerprint density at radius 3 is 2.75 bits per heavy atom. The summed E-state index contributed by atoms with van der Waals surface area (Å²) in [6, 6.07) is 5.88. The Balaban J connectivity index is 2.49. The number of halogens is 1. The third kappa shape index (κ3) is 4.77. The van der Waals surface area contributed by atoms with Crippen LogP contribution in [-0.2, 0) is 4.79 Å². The molecule has 1 amide bonds. The van der Waals surface area contributed by atoms with Crippen molar-refractivity contribution in [3.8, 4) is 0 Å². The van der Waals surface area contributed by atoms with Gasteiger partial charge in [0.15, 0.2) is 0 Å². The number of carbonyl (C=O) groups is 1. The number of hydrogen-bond donors (Lipinski definition) is 2. The van der Waals surface area contributed by atoms with Gasteiger partial charge < -0.3 is 10.6 Å². The summed E-state index contributed by atoms with van der Waals surface area (Å²) < 4.78 is 0.984. The standard InChI is InChI=1S/C12H17BrN2O/c1-9-6-10(13)8-11(7-9)15-12(16)4-3-5-14-2/h6-8,14H,3-5H2,1-2H3,(H,15,16). The van der Waals surface area contributed by atoms with Crippen LogP contribution in [0.5, 0.6) is 0 Å². The van der Waals surface area contributed by atoms with Gasteiger partial charge in [-0.25, -0.2) is 0 Å². The maximum absolute atomic E-state index is 11.6. The fourth-order valence-electron chi connectivity index (χ4n) is 1.46. The maximum atomic E-state index is 11.6. The lowest BCUT2D eigenvalue weighted by Crippen LogP contribution is -2.15. The summed E-state index contributed by atoms with van der Waals surface area (Å²) in [4.78, 5) is 11.6. The highest BCUT2D eigenvalue weighted by Gasteiger charge is 2.02. The van der Waals surface area contributed by atoms with Crippen LogP contribution in [0.1, 0.15) is 18.4 Å². The predicted molar refractivity (Wildman–Crippen MR) is 70.7 cm³/mol. The maximum Gasteiger partial charge on any atom is 0.224 e. The van der Waals surface area contributed by atoms with Crippen molar-refractivity contribution in [2.45, 2.75) is 19.8 Å². The summed E-state index contributed by atoms with van der Waals surface area (Å²) in [6.07, 6.45) is 1.40. The Labute approximate surface area is 105 Å². The van der Waals surface area contributed by atoms with Crippen molar-refractivity contribution in [1.29, 1.82) is 0 Å². The molecule has 0 heterocycles. The molecule has 0 bridgehead atoms. The van der Waals surface area contributed by atoms with Crippen molar-refractivity contribution in [2.75, 3.05) is 18.9 Å². The summed E-state index contributed by atoms with van der Waals surface area (Å²) in [5, 5.41) is 5.90. The summed E-state index contributed by atoms with van der Waals surface area (Å²) in [6.45, 7) is 2.87. The molecule has 2 N–H and O–H groups in total. The molecule has 0 fully saturated rings. The molecule has 0 aromatic heterocycles. The minimum absolute atomic E-state index is 0.0627. The van der Waals surface area contributed by atoms with Gasteiger partial charge in [0.1, 0.15) is 0 Å². The topological polar surface area (TPSA) is 41.1 Å². The molecule has 0 atom stereocenters. The summed E-state index contributed by atoms with van der Waals surface area (Å²) in [5.41, 5.74) is 1.97. The second-order valence-corrected chi connectivity index (χ2v) is 4.69. The van der Waals surface area contributed by atoms with Crippen molar-refractivity contribution in [3.05, 3.63) is 28.2 Å². The van der Waals surface area contributed by atoms with Gasteiger partial charge >= 0.3 is 0 Å². The largest absolute Gasteiger partial charge is 0.326 e. The Kier molecular flexibility index (Phi) is 5.49. The van der Waals surface area contributed by atoms with Crippen LogP contribution >= 0.6 is 15.9 Å². The number of nitrogens with one attached hydrogen (secondary N) is 2. The number of carbonyl (C=O) groups excluding carboxylic acids is 1. The van der Waals surface area contributed by atoms with E-state index in [9.17, 15) is 4.79 Å². The van der Waals surface area contributed by atoms with Crippen molar-refractivity contribution in [3.63, 3.8) is 0 Å². The highest BCUT2D eigenvalue weighted by Crippen LogP contribution is 2.19. The highest BCUT2D eigenvalue weighted by molar-refractivity contribution is 9.10. The summed E-state index contributed by atoms with van der Waals surface area (Å²) in [7, 11) is 1.88. The molecule has 0 radical (unpaired) electrons. The van der Waals surface area contributed by atoms with E-state index in [2.05, 4.69) is 26.6 Å². The molecule has 88 valence electrons. The second-order valence-electron chi connectivity index (χ2n) is 3.77. The fourth-order valence-corrected chi connectivity index (χ4v) is 2.07. The van der Waals surface area contributed by atoms with Crippen LogP contribution in [0, 0.1) is 6.92 Å². The molecule has 4 heteroatoms. The van der Waals surface area contributed by atoms with Gasteiger partial charge in [0, 0.05) is 16.6 Å². The van der Waals surface area contributed by atoms with Crippen molar-refractivity contribution < 1.29 is 4.79 Å². The van der Waals surface area contributed by atoms with E-state index in [1.807, 2.05) is 32.2 Å². The van der Waals surface area contributed by atoms with E-state index in [1.54, 1.807) is 0 Å². The number of hydrogen-bond acceptors (Lipinski definition) is 2. The average Bonchev–Trinajstić information content (AvgIpc) is 2.16. The summed E-state index contributed by atoms with van der Waals surface area (Å²) in [5.74, 6) is 0.0627. The van der Waals surface area contributed by atoms with Crippen LogP contribution in [0.4, 0.5) is 5.69 Å². The van der Waals surface area contributed by atoms with Gasteiger partial charge in [-0.1, -0.05) is 15.9 Å². The highest BCUT2D eigenvalue weighted by atomic mass is 79.9. The molecule has 0 aliphatic rings. The number of amides is 1. The number of anilines is 1. The van der Waals surface area contributed by atoms with Gasteiger partial charge in [-0.3, -0.25) is 4.79 Å². The molecule has 0 aliphatic heterocycles. The van der Waals surface area contributed by atoms with E-state index < -0.39 is 0 Å². The zero-order chi connectivity index (χ0) is 12.0. The molecular weight excluding hydrogens is 268 g/mol. The van der Waals surface area contributed by atoms with Crippen molar-refractivity contribution >= 4 is 27.5 Å². The lowest BCUT2D eigenvalue weighted by Gasteiger charge is -2.06. The lowest BCUT2D eigenvalue weighted by atomic mass is 10.2. The van der Waals surface area contributed by atoms with Crippen LogP contribution in [-0.4, -0.2) is 19.5 Å². The number of aryl methyl sites for hydroxylation is 1. The van der Waals surface area contributed by atoms with Gasteiger partial charge in [-0.2, -0.15) is 0 Å². The van der Waals surface area contributed by atoms with Crippen LogP contribution in [0.3, 0.4) is 0 Å². The molecule has 1 aromatic rings. The normalized spacial score (nSPS) is 10.2. The molecule has 0 saturated heterocycles. The minimum atomic E-state index is 0.0627. The molecule has 0 unspecified atom stereocenters. The monoisotopic (exact) mass is 284 g/mol. The Bertz CT molecular complexity index is 346. The minimum Gasteiger partial charge on any atom is -0.326 e. The first kappa shape index (κ1) is 13.2. The number of benzene rings is 1. The van der Waals surface area contributed by atoms with Gasteiger partial charge in [0.05, 0.1) is 0 Å². The van der Waals surface area contributed by atoms with E-state index in [4.69, 9.17) is 0 Å². The summed E-state index contributed by atoms with van der Waals surface area (Å²) >= 11 is 3.41. The molecule has 1 rings (SSSR count). The molecule has 0 aliphatic carbocycles. The Morgan fingerprint density at radius 2 is 2.12 bits per heavy atom. The smallest absolute Gasteiger partial charge is 0.224 e. The van der Waals surface area contributed by atoms with E-state index in [-0.39, 0.29) is 5.91 Å². The van der Waals surface area contributed by atoms with Crippen molar-refractivity contribution in [2.24, 2.45) is 0 Å².